The highest BCUT2D eigenvalue weighted by molar-refractivity contribution is 9.10. The Balaban J connectivity index is 2.46. The maximum Gasteiger partial charge on any atom is 0.286 e. The van der Waals surface area contributed by atoms with Crippen molar-refractivity contribution >= 4 is 26.0 Å². The molecule has 2 heterocycles. The van der Waals surface area contributed by atoms with Crippen molar-refractivity contribution in [3.8, 4) is 0 Å². The molecule has 0 fully saturated rings. The lowest BCUT2D eigenvalue weighted by Crippen LogP contribution is -2.12. The van der Waals surface area contributed by atoms with Gasteiger partial charge in [0.2, 0.25) is 0 Å². The van der Waals surface area contributed by atoms with Gasteiger partial charge in [0, 0.05) is 12.7 Å². The van der Waals surface area contributed by atoms with E-state index in [1.54, 1.807) is 4.68 Å². The second kappa shape index (κ2) is 4.02. The van der Waals surface area contributed by atoms with Crippen molar-refractivity contribution in [2.75, 3.05) is 0 Å². The van der Waals surface area contributed by atoms with E-state index < -0.39 is 10.0 Å². The molecular weight excluding hydrogens is 296 g/mol. The van der Waals surface area contributed by atoms with Gasteiger partial charge in [0.15, 0.2) is 0 Å². The average molecular weight is 305 g/mol. The molecule has 0 unspecified atom stereocenters. The van der Waals surface area contributed by atoms with Crippen LogP contribution in [0.5, 0.6) is 0 Å². The predicted octanol–water partition coefficient (Wildman–Crippen LogP) is 1.10. The van der Waals surface area contributed by atoms with Gasteiger partial charge in [0.25, 0.3) is 10.0 Å². The fraction of sp³-hybridized carbons (Fsp3) is 0.250. The van der Waals surface area contributed by atoms with E-state index in [0.717, 1.165) is 4.09 Å². The first kappa shape index (κ1) is 11.3. The molecule has 0 aliphatic heterocycles. The zero-order valence-electron chi connectivity index (χ0n) is 8.41. The van der Waals surface area contributed by atoms with Crippen molar-refractivity contribution in [3.63, 3.8) is 0 Å². The second-order valence-corrected chi connectivity index (χ2v) is 5.78. The maximum absolute atomic E-state index is 12.0. The van der Waals surface area contributed by atoms with Crippen molar-refractivity contribution in [2.24, 2.45) is 0 Å². The average Bonchev–Trinajstić information content (AvgIpc) is 2.85. The molecule has 0 amide bonds. The van der Waals surface area contributed by atoms with Crippen molar-refractivity contribution in [3.05, 3.63) is 29.3 Å². The van der Waals surface area contributed by atoms with Crippen LogP contribution in [0.1, 0.15) is 6.92 Å². The van der Waals surface area contributed by atoms with Gasteiger partial charge in [0.05, 0.1) is 23.1 Å². The summed E-state index contributed by atoms with van der Waals surface area (Å²) < 4.78 is 27.1. The number of hydrogen-bond acceptors (Lipinski definition) is 4. The van der Waals surface area contributed by atoms with Gasteiger partial charge >= 0.3 is 0 Å². The van der Waals surface area contributed by atoms with Crippen LogP contribution in [0.3, 0.4) is 0 Å². The zero-order chi connectivity index (χ0) is 11.8. The van der Waals surface area contributed by atoms with Crippen LogP contribution in [0.15, 0.2) is 34.2 Å². The Labute approximate surface area is 101 Å². The van der Waals surface area contributed by atoms with E-state index in [-0.39, 0.29) is 4.90 Å². The van der Waals surface area contributed by atoms with Gasteiger partial charge < -0.3 is 0 Å². The lowest BCUT2D eigenvalue weighted by Gasteiger charge is -1.99. The van der Waals surface area contributed by atoms with E-state index in [4.69, 9.17) is 0 Å². The summed E-state index contributed by atoms with van der Waals surface area (Å²) in [4.78, 5) is 0.130. The van der Waals surface area contributed by atoms with E-state index >= 15 is 0 Å². The van der Waals surface area contributed by atoms with Gasteiger partial charge in [-0.25, -0.2) is 0 Å². The molecule has 6 nitrogen and oxygen atoms in total. The number of halogens is 1. The number of rotatable bonds is 3. The summed E-state index contributed by atoms with van der Waals surface area (Å²) in [5, 5.41) is 7.66. The third-order valence-corrected chi connectivity index (χ3v) is 3.91. The first-order valence-electron chi connectivity index (χ1n) is 4.52. The molecule has 0 saturated heterocycles. The Kier molecular flexibility index (Phi) is 2.85. The quantitative estimate of drug-likeness (QED) is 0.851. The van der Waals surface area contributed by atoms with E-state index in [2.05, 4.69) is 26.1 Å². The van der Waals surface area contributed by atoms with Crippen LogP contribution in [0, 0.1) is 0 Å². The van der Waals surface area contributed by atoms with Gasteiger partial charge in [-0.1, -0.05) is 0 Å². The molecule has 8 heteroatoms. The minimum absolute atomic E-state index is 0.130. The Morgan fingerprint density at radius 2 is 2.06 bits per heavy atom. The Morgan fingerprint density at radius 1 is 1.31 bits per heavy atom. The highest BCUT2D eigenvalue weighted by Crippen LogP contribution is 2.14. The van der Waals surface area contributed by atoms with Gasteiger partial charge in [-0.3, -0.25) is 4.68 Å². The van der Waals surface area contributed by atoms with Crippen molar-refractivity contribution in [1.29, 1.82) is 0 Å². The van der Waals surface area contributed by atoms with E-state index in [0.29, 0.717) is 11.0 Å². The maximum atomic E-state index is 12.0. The summed E-state index contributed by atoms with van der Waals surface area (Å²) in [6, 6.07) is 0. The van der Waals surface area contributed by atoms with E-state index in [1.165, 1.54) is 24.8 Å². The van der Waals surface area contributed by atoms with Crippen LogP contribution in [0.2, 0.25) is 0 Å². The van der Waals surface area contributed by atoms with E-state index in [9.17, 15) is 8.42 Å². The molecule has 0 spiro atoms. The molecule has 16 heavy (non-hydrogen) atoms. The Hall–Kier alpha value is -1.15. The molecule has 0 aromatic carbocycles. The zero-order valence-corrected chi connectivity index (χ0v) is 10.8. The third kappa shape index (κ3) is 1.90. The van der Waals surface area contributed by atoms with E-state index in [1.807, 2.05) is 6.92 Å². The molecule has 86 valence electrons. The predicted molar refractivity (Wildman–Crippen MR) is 60.4 cm³/mol. The molecular formula is C8H9BrN4O2S. The molecule has 2 aromatic heterocycles. The fourth-order valence-electron chi connectivity index (χ4n) is 1.17. The van der Waals surface area contributed by atoms with Crippen LogP contribution < -0.4 is 0 Å². The third-order valence-electron chi connectivity index (χ3n) is 2.01. The lowest BCUT2D eigenvalue weighted by molar-refractivity contribution is 0.579. The molecule has 2 rings (SSSR count). The molecule has 0 atom stereocenters. The highest BCUT2D eigenvalue weighted by Gasteiger charge is 2.19. The number of hydrogen-bond donors (Lipinski definition) is 0. The number of aromatic nitrogens is 4. The van der Waals surface area contributed by atoms with Gasteiger partial charge in [0.1, 0.15) is 4.90 Å². The van der Waals surface area contributed by atoms with Gasteiger partial charge in [-0.15, -0.1) is 0 Å². The Morgan fingerprint density at radius 3 is 2.56 bits per heavy atom. The largest absolute Gasteiger partial charge is 0.286 e. The normalized spacial score (nSPS) is 11.9. The number of aryl methyl sites for hydroxylation is 1. The SMILES string of the molecule is CCn1cc(S(=O)(=O)n2cc(Br)cn2)cn1. The monoisotopic (exact) mass is 304 g/mol. The van der Waals surface area contributed by atoms with Gasteiger partial charge in [-0.05, 0) is 22.9 Å². The van der Waals surface area contributed by atoms with Crippen LogP contribution in [0.25, 0.3) is 0 Å². The molecule has 0 radical (unpaired) electrons. The standard InChI is InChI=1S/C8H9BrN4O2S/c1-2-12-6-8(4-10-12)16(14,15)13-5-7(9)3-11-13/h3-6H,2H2,1H3. The molecule has 0 aliphatic carbocycles. The minimum atomic E-state index is -3.62. The number of nitrogens with zero attached hydrogens (tertiary/aromatic N) is 4. The minimum Gasteiger partial charge on any atom is -0.272 e. The van der Waals surface area contributed by atoms with Crippen molar-refractivity contribution in [2.45, 2.75) is 18.4 Å². The smallest absolute Gasteiger partial charge is 0.272 e. The molecule has 0 N–H and O–H groups in total. The first-order chi connectivity index (χ1) is 7.54. The van der Waals surface area contributed by atoms with Crippen molar-refractivity contribution < 1.29 is 8.42 Å². The lowest BCUT2D eigenvalue weighted by atomic mass is 10.7. The summed E-state index contributed by atoms with van der Waals surface area (Å²) in [6.45, 7) is 2.51. The van der Waals surface area contributed by atoms with Gasteiger partial charge in [-0.2, -0.15) is 22.7 Å². The molecule has 0 aliphatic rings. The summed E-state index contributed by atoms with van der Waals surface area (Å²) in [5.74, 6) is 0. The molecule has 2 aromatic rings. The van der Waals surface area contributed by atoms with Crippen LogP contribution >= 0.6 is 15.9 Å². The summed E-state index contributed by atoms with van der Waals surface area (Å²) in [6.07, 6.45) is 5.60. The first-order valence-corrected chi connectivity index (χ1v) is 6.75. The van der Waals surface area contributed by atoms with Crippen molar-refractivity contribution in [1.82, 2.24) is 19.0 Å². The van der Waals surface area contributed by atoms with Crippen LogP contribution in [-0.4, -0.2) is 27.4 Å². The topological polar surface area (TPSA) is 69.8 Å². The highest BCUT2D eigenvalue weighted by atomic mass is 79.9. The summed E-state index contributed by atoms with van der Waals surface area (Å²) in [5.41, 5.74) is 0. The Bertz CT molecular complexity index is 601. The second-order valence-electron chi connectivity index (χ2n) is 3.07. The molecule has 0 saturated carbocycles. The van der Waals surface area contributed by atoms with Crippen LogP contribution in [0.4, 0.5) is 0 Å². The summed E-state index contributed by atoms with van der Waals surface area (Å²) >= 11 is 3.15. The van der Waals surface area contributed by atoms with Crippen LogP contribution in [-0.2, 0) is 16.6 Å². The molecule has 0 bridgehead atoms. The fourth-order valence-corrected chi connectivity index (χ4v) is 2.67. The summed E-state index contributed by atoms with van der Waals surface area (Å²) in [7, 11) is -3.62.